The molecule has 38 heavy (non-hydrogen) atoms. The zero-order valence-corrected chi connectivity index (χ0v) is 20.6. The monoisotopic (exact) mass is 589 g/mol. The van der Waals surface area contributed by atoms with E-state index in [1.165, 1.54) is 4.90 Å². The van der Waals surface area contributed by atoms with Gasteiger partial charge in [0.2, 0.25) is 5.91 Å². The normalized spacial score (nSPS) is 15.4. The molecule has 0 bridgehead atoms. The maximum absolute atomic E-state index is 13.7. The number of alkyl halides is 7. The van der Waals surface area contributed by atoms with Crippen LogP contribution in [0.5, 0.6) is 0 Å². The van der Waals surface area contributed by atoms with E-state index in [1.54, 1.807) is 0 Å². The number of sulfone groups is 1. The number of benzene rings is 2. The van der Waals surface area contributed by atoms with E-state index in [1.807, 2.05) is 35.2 Å². The van der Waals surface area contributed by atoms with E-state index in [4.69, 9.17) is 0 Å². The minimum atomic E-state index is -6.62. The van der Waals surface area contributed by atoms with Gasteiger partial charge in [0.1, 0.15) is 10.6 Å². The summed E-state index contributed by atoms with van der Waals surface area (Å²) in [4.78, 5) is 23.7. The minimum absolute atomic E-state index is 0.140. The van der Waals surface area contributed by atoms with Crippen molar-refractivity contribution in [3.63, 3.8) is 0 Å². The van der Waals surface area contributed by atoms with Crippen LogP contribution >= 0.6 is 11.8 Å². The standard InChI is InChI=1S/C21H18F7N3O5S2/c22-19(23,20(24,25)26)21(27,28)37-15-6-7-17(16(12-15)31(33)34)38(35,36)13-18(32)30-10-8-29(9-11-30)14-4-2-1-3-5-14/h1-7,12H,8-11,13H2. The Bertz CT molecular complexity index is 1300. The molecule has 1 fully saturated rings. The Morgan fingerprint density at radius 2 is 1.53 bits per heavy atom. The molecule has 3 rings (SSSR count). The number of halogens is 7. The molecule has 1 amide bonds. The number of hydrogen-bond donors (Lipinski definition) is 0. The molecule has 208 valence electrons. The summed E-state index contributed by atoms with van der Waals surface area (Å²) in [7, 11) is -4.73. The SMILES string of the molecule is O=C(CS(=O)(=O)c1ccc(SC(F)(F)C(F)(F)C(F)(F)F)cc1[N+](=O)[O-])N1CCN(c2ccccc2)CC1. The molecule has 1 heterocycles. The number of nitrogens with zero attached hydrogens (tertiary/aromatic N) is 3. The van der Waals surface area contributed by atoms with Crippen LogP contribution < -0.4 is 4.90 Å². The molecule has 17 heteroatoms. The van der Waals surface area contributed by atoms with E-state index in [-0.39, 0.29) is 19.2 Å². The van der Waals surface area contributed by atoms with E-state index >= 15 is 0 Å². The summed E-state index contributed by atoms with van der Waals surface area (Å²) in [5, 5.41) is 5.65. The first-order chi connectivity index (χ1) is 17.5. The summed E-state index contributed by atoms with van der Waals surface area (Å²) in [6.07, 6.45) is -6.62. The van der Waals surface area contributed by atoms with Crippen molar-refractivity contribution in [2.24, 2.45) is 0 Å². The fraction of sp³-hybridized carbons (Fsp3) is 0.381. The molecule has 1 aliphatic rings. The zero-order chi connectivity index (χ0) is 28.5. The second kappa shape index (κ2) is 10.6. The largest absolute Gasteiger partial charge is 0.460 e. The molecule has 0 saturated carbocycles. The van der Waals surface area contributed by atoms with Gasteiger partial charge in [-0.25, -0.2) is 8.42 Å². The third kappa shape index (κ3) is 6.14. The lowest BCUT2D eigenvalue weighted by molar-refractivity contribution is -0.388. The highest BCUT2D eigenvalue weighted by atomic mass is 32.2. The van der Waals surface area contributed by atoms with Crippen molar-refractivity contribution in [3.8, 4) is 0 Å². The Hall–Kier alpha value is -3.08. The predicted octanol–water partition coefficient (Wildman–Crippen LogP) is 4.60. The molecule has 2 aromatic rings. The van der Waals surface area contributed by atoms with E-state index < -0.39 is 71.0 Å². The minimum Gasteiger partial charge on any atom is -0.368 e. The van der Waals surface area contributed by atoms with Crippen molar-refractivity contribution in [2.45, 2.75) is 27.1 Å². The van der Waals surface area contributed by atoms with E-state index in [0.29, 0.717) is 25.2 Å². The Morgan fingerprint density at radius 1 is 0.947 bits per heavy atom. The van der Waals surface area contributed by atoms with Gasteiger partial charge in [-0.05, 0) is 36.0 Å². The van der Waals surface area contributed by atoms with Crippen LogP contribution in [-0.2, 0) is 14.6 Å². The van der Waals surface area contributed by atoms with Crippen LogP contribution in [0.1, 0.15) is 0 Å². The molecular formula is C21H18F7N3O5S2. The number of carbonyl (C=O) groups excluding carboxylic acids is 1. The third-order valence-corrected chi connectivity index (χ3v) is 8.14. The highest BCUT2D eigenvalue weighted by molar-refractivity contribution is 8.00. The molecule has 1 saturated heterocycles. The molecule has 0 aliphatic carbocycles. The van der Waals surface area contributed by atoms with Crippen LogP contribution in [0, 0.1) is 10.1 Å². The van der Waals surface area contributed by atoms with Crippen molar-refractivity contribution in [3.05, 3.63) is 58.6 Å². The van der Waals surface area contributed by atoms with Crippen LogP contribution in [0.2, 0.25) is 0 Å². The first-order valence-corrected chi connectivity index (χ1v) is 13.0. The fourth-order valence-corrected chi connectivity index (χ4v) is 5.77. The fourth-order valence-electron chi connectivity index (χ4n) is 3.53. The van der Waals surface area contributed by atoms with Crippen LogP contribution in [0.3, 0.4) is 0 Å². The number of piperazine rings is 1. The van der Waals surface area contributed by atoms with Gasteiger partial charge in [0.15, 0.2) is 9.84 Å². The van der Waals surface area contributed by atoms with Gasteiger partial charge in [0.25, 0.3) is 5.69 Å². The first kappa shape index (κ1) is 29.5. The number of thioether (sulfide) groups is 1. The second-order valence-corrected chi connectivity index (χ2v) is 11.2. The van der Waals surface area contributed by atoms with Crippen molar-refractivity contribution in [1.82, 2.24) is 4.90 Å². The molecule has 0 atom stereocenters. The molecular weight excluding hydrogens is 571 g/mol. The topological polar surface area (TPSA) is 101 Å². The van der Waals surface area contributed by atoms with Crippen LogP contribution in [0.15, 0.2) is 58.3 Å². The van der Waals surface area contributed by atoms with Crippen LogP contribution in [-0.4, -0.2) is 73.4 Å². The second-order valence-electron chi connectivity index (χ2n) is 8.04. The number of hydrogen-bond acceptors (Lipinski definition) is 7. The molecule has 8 nitrogen and oxygen atoms in total. The summed E-state index contributed by atoms with van der Waals surface area (Å²) in [6.45, 7) is 1.03. The highest BCUT2D eigenvalue weighted by Gasteiger charge is 2.73. The quantitative estimate of drug-likeness (QED) is 0.192. The lowest BCUT2D eigenvalue weighted by atomic mass is 10.2. The number of anilines is 1. The number of nitro groups is 1. The van der Waals surface area contributed by atoms with Crippen molar-refractivity contribution < 1.29 is 48.9 Å². The average Bonchev–Trinajstić information content (AvgIpc) is 2.83. The summed E-state index contributed by atoms with van der Waals surface area (Å²) >= 11 is -1.32. The number of carbonyl (C=O) groups is 1. The molecule has 0 unspecified atom stereocenters. The highest BCUT2D eigenvalue weighted by Crippen LogP contribution is 2.54. The number of rotatable bonds is 8. The summed E-state index contributed by atoms with van der Waals surface area (Å²) in [6, 6.07) is 10.1. The number of nitro benzene ring substituents is 1. The predicted molar refractivity (Wildman–Crippen MR) is 122 cm³/mol. The number of para-hydroxylation sites is 1. The van der Waals surface area contributed by atoms with Gasteiger partial charge in [-0.2, -0.15) is 30.7 Å². The third-order valence-electron chi connectivity index (χ3n) is 5.50. The molecule has 2 aromatic carbocycles. The van der Waals surface area contributed by atoms with Crippen LogP contribution in [0.4, 0.5) is 42.1 Å². The molecule has 0 aromatic heterocycles. The van der Waals surface area contributed by atoms with Gasteiger partial charge in [0.05, 0.1) is 4.92 Å². The van der Waals surface area contributed by atoms with Gasteiger partial charge in [0, 0.05) is 42.8 Å². The molecule has 1 aliphatic heterocycles. The molecule has 0 N–H and O–H groups in total. The van der Waals surface area contributed by atoms with Crippen LogP contribution in [0.25, 0.3) is 0 Å². The van der Waals surface area contributed by atoms with Crippen molar-refractivity contribution in [2.75, 3.05) is 36.8 Å². The average molecular weight is 590 g/mol. The summed E-state index contributed by atoms with van der Waals surface area (Å²) in [5.74, 6) is -8.59. The van der Waals surface area contributed by atoms with Crippen molar-refractivity contribution in [1.29, 1.82) is 0 Å². The van der Waals surface area contributed by atoms with Gasteiger partial charge in [-0.15, -0.1) is 0 Å². The maximum Gasteiger partial charge on any atom is 0.460 e. The Balaban J connectivity index is 1.76. The lowest BCUT2D eigenvalue weighted by Gasteiger charge is -2.36. The first-order valence-electron chi connectivity index (χ1n) is 10.6. The lowest BCUT2D eigenvalue weighted by Crippen LogP contribution is -2.50. The van der Waals surface area contributed by atoms with Crippen molar-refractivity contribution >= 4 is 38.9 Å². The Kier molecular flexibility index (Phi) is 8.21. The van der Waals surface area contributed by atoms with Gasteiger partial charge < -0.3 is 9.80 Å². The molecule has 0 spiro atoms. The van der Waals surface area contributed by atoms with E-state index in [9.17, 15) is 54.1 Å². The van der Waals surface area contributed by atoms with E-state index in [2.05, 4.69) is 0 Å². The van der Waals surface area contributed by atoms with Gasteiger partial charge >= 0.3 is 17.4 Å². The Labute approximate surface area is 215 Å². The summed E-state index contributed by atoms with van der Waals surface area (Å²) < 4.78 is 117. The van der Waals surface area contributed by atoms with E-state index in [0.717, 1.165) is 5.69 Å². The van der Waals surface area contributed by atoms with Gasteiger partial charge in [-0.1, -0.05) is 18.2 Å². The molecule has 0 radical (unpaired) electrons. The zero-order valence-electron chi connectivity index (χ0n) is 19.0. The summed E-state index contributed by atoms with van der Waals surface area (Å²) in [5.41, 5.74) is -0.470. The number of amides is 1. The maximum atomic E-state index is 13.7. The smallest absolute Gasteiger partial charge is 0.368 e. The Morgan fingerprint density at radius 3 is 2.05 bits per heavy atom. The van der Waals surface area contributed by atoms with Gasteiger partial charge in [-0.3, -0.25) is 14.9 Å².